The average molecular weight is 357 g/mol. The zero-order valence-electron chi connectivity index (χ0n) is 12.7. The second-order valence-electron chi connectivity index (χ2n) is 5.52. The lowest BCUT2D eigenvalue weighted by atomic mass is 9.91. The number of benzene rings is 1. The van der Waals surface area contributed by atoms with Gasteiger partial charge in [-0.15, -0.1) is 0 Å². The fourth-order valence-electron chi connectivity index (χ4n) is 2.35. The number of hydrogen-bond donors (Lipinski definition) is 5. The molecule has 2 saturated heterocycles. The Labute approximate surface area is 139 Å². The molecule has 14 nitrogen and oxygen atoms in total. The molecule has 2 fully saturated rings. The predicted octanol–water partition coefficient (Wildman–Crippen LogP) is -0.695. The highest BCUT2D eigenvalue weighted by molar-refractivity contribution is 5.64. The van der Waals surface area contributed by atoms with Crippen molar-refractivity contribution < 1.29 is 19.9 Å². The summed E-state index contributed by atoms with van der Waals surface area (Å²) in [7, 11) is 0. The molecule has 0 amide bonds. The van der Waals surface area contributed by atoms with E-state index in [4.69, 9.17) is 5.11 Å². The lowest BCUT2D eigenvalue weighted by molar-refractivity contribution is -0.404. The van der Waals surface area contributed by atoms with E-state index in [0.29, 0.717) is 17.5 Å². The molecule has 14 heteroatoms. The number of nitrogens with zero attached hydrogens (tertiary/aromatic N) is 3. The summed E-state index contributed by atoms with van der Waals surface area (Å²) in [5.74, 6) is -1.21. The van der Waals surface area contributed by atoms with Gasteiger partial charge in [-0.2, -0.15) is 0 Å². The highest BCUT2D eigenvalue weighted by atomic mass is 16.6. The minimum Gasteiger partial charge on any atom is -0.497 e. The van der Waals surface area contributed by atoms with Crippen molar-refractivity contribution in [2.45, 2.75) is 0 Å². The van der Waals surface area contributed by atoms with Crippen molar-refractivity contribution in [2.24, 2.45) is 5.41 Å². The maximum atomic E-state index is 10.4. The predicted molar refractivity (Wildman–Crippen MR) is 82.5 cm³/mol. The van der Waals surface area contributed by atoms with Crippen LogP contribution in [0.5, 0.6) is 5.75 Å². The van der Waals surface area contributed by atoms with E-state index in [2.05, 4.69) is 21.7 Å². The molecule has 1 spiro atoms. The second kappa shape index (κ2) is 7.31. The summed E-state index contributed by atoms with van der Waals surface area (Å²) in [6.07, 6.45) is 0. The first-order valence-electron chi connectivity index (χ1n) is 6.97. The van der Waals surface area contributed by atoms with Crippen LogP contribution in [0, 0.1) is 35.8 Å². The van der Waals surface area contributed by atoms with Crippen molar-refractivity contribution in [1.82, 2.24) is 21.7 Å². The van der Waals surface area contributed by atoms with Gasteiger partial charge in [0.2, 0.25) is 0 Å². The Bertz CT molecular complexity index is 646. The third-order valence-corrected chi connectivity index (χ3v) is 3.76. The van der Waals surface area contributed by atoms with E-state index in [1.165, 1.54) is 0 Å². The van der Waals surface area contributed by atoms with Gasteiger partial charge in [0.1, 0.15) is 0 Å². The minimum absolute atomic E-state index is 0.444. The standard InChI is InChI=1S/C6H3N3O7.C5H12N4/c10-6-4(8(13)14)1-3(7(11)12)2-5(6)9(15)16;1-5(2-7-6-1)3-8-9-4-5/h1-2,10H;6-9H,1-4H2. The van der Waals surface area contributed by atoms with Crippen molar-refractivity contribution in [2.75, 3.05) is 26.2 Å². The van der Waals surface area contributed by atoms with Crippen molar-refractivity contribution >= 4 is 17.1 Å². The van der Waals surface area contributed by atoms with Crippen molar-refractivity contribution in [3.63, 3.8) is 0 Å². The molecule has 0 radical (unpaired) electrons. The average Bonchev–Trinajstić information content (AvgIpc) is 3.20. The van der Waals surface area contributed by atoms with Gasteiger partial charge in [0, 0.05) is 31.6 Å². The monoisotopic (exact) mass is 357 g/mol. The van der Waals surface area contributed by atoms with Crippen LogP contribution in [0.1, 0.15) is 0 Å². The van der Waals surface area contributed by atoms with Gasteiger partial charge in [-0.3, -0.25) is 52.0 Å². The van der Waals surface area contributed by atoms with Crippen LogP contribution in [-0.4, -0.2) is 46.1 Å². The SMILES string of the molecule is C1NNCC12CNNC2.O=[N+]([O-])c1cc([N+](=O)[O-])c(O)c([N+](=O)[O-])c1. The summed E-state index contributed by atoms with van der Waals surface area (Å²) >= 11 is 0. The van der Waals surface area contributed by atoms with Crippen molar-refractivity contribution in [3.05, 3.63) is 42.5 Å². The molecule has 0 aromatic heterocycles. The summed E-state index contributed by atoms with van der Waals surface area (Å²) in [6.45, 7) is 4.31. The van der Waals surface area contributed by atoms with Crippen LogP contribution >= 0.6 is 0 Å². The van der Waals surface area contributed by atoms with E-state index in [1.54, 1.807) is 0 Å². The van der Waals surface area contributed by atoms with Gasteiger partial charge >= 0.3 is 11.4 Å². The second-order valence-corrected chi connectivity index (χ2v) is 5.52. The quantitative estimate of drug-likeness (QED) is 0.339. The Morgan fingerprint density at radius 1 is 0.800 bits per heavy atom. The first-order valence-corrected chi connectivity index (χ1v) is 6.97. The molecule has 25 heavy (non-hydrogen) atoms. The number of rotatable bonds is 3. The van der Waals surface area contributed by atoms with E-state index < -0.39 is 37.6 Å². The lowest BCUT2D eigenvalue weighted by Gasteiger charge is -2.16. The molecule has 2 heterocycles. The fraction of sp³-hybridized carbons (Fsp3) is 0.455. The van der Waals surface area contributed by atoms with E-state index in [0.717, 1.165) is 26.2 Å². The van der Waals surface area contributed by atoms with Gasteiger partial charge in [-0.05, 0) is 0 Å². The van der Waals surface area contributed by atoms with Crippen LogP contribution in [0.2, 0.25) is 0 Å². The number of phenols is 1. The number of nitro groups is 3. The first-order chi connectivity index (χ1) is 11.8. The summed E-state index contributed by atoms with van der Waals surface area (Å²) in [6, 6.07) is 0.894. The topological polar surface area (TPSA) is 198 Å². The number of phenolic OH excluding ortho intramolecular Hbond substituents is 1. The van der Waals surface area contributed by atoms with Crippen LogP contribution in [0.25, 0.3) is 0 Å². The number of hydrogen-bond acceptors (Lipinski definition) is 11. The molecule has 2 aliphatic heterocycles. The van der Waals surface area contributed by atoms with E-state index in [9.17, 15) is 30.3 Å². The lowest BCUT2D eigenvalue weighted by Crippen LogP contribution is -2.31. The zero-order valence-corrected chi connectivity index (χ0v) is 12.7. The number of nitrogens with one attached hydrogen (secondary N) is 4. The van der Waals surface area contributed by atoms with Crippen LogP contribution < -0.4 is 21.7 Å². The molecular formula is C11H15N7O7. The third-order valence-electron chi connectivity index (χ3n) is 3.76. The molecule has 0 saturated carbocycles. The fourth-order valence-corrected chi connectivity index (χ4v) is 2.35. The van der Waals surface area contributed by atoms with Crippen molar-refractivity contribution in [3.8, 4) is 5.75 Å². The summed E-state index contributed by atoms with van der Waals surface area (Å²) < 4.78 is 0. The molecule has 2 aliphatic rings. The maximum absolute atomic E-state index is 10.4. The van der Waals surface area contributed by atoms with Gasteiger partial charge in [-0.1, -0.05) is 0 Å². The molecule has 3 rings (SSSR count). The maximum Gasteiger partial charge on any atom is 0.324 e. The van der Waals surface area contributed by atoms with E-state index in [-0.39, 0.29) is 0 Å². The number of nitro benzene ring substituents is 3. The molecular weight excluding hydrogens is 342 g/mol. The molecule has 136 valence electrons. The number of non-ortho nitro benzene ring substituents is 1. The summed E-state index contributed by atoms with van der Waals surface area (Å²) in [4.78, 5) is 27.8. The third kappa shape index (κ3) is 4.13. The largest absolute Gasteiger partial charge is 0.497 e. The Kier molecular flexibility index (Phi) is 5.38. The zero-order chi connectivity index (χ0) is 18.6. The Morgan fingerprint density at radius 3 is 1.44 bits per heavy atom. The highest BCUT2D eigenvalue weighted by Gasteiger charge is 2.36. The molecule has 0 aliphatic carbocycles. The van der Waals surface area contributed by atoms with Crippen LogP contribution in [-0.2, 0) is 0 Å². The van der Waals surface area contributed by atoms with E-state index >= 15 is 0 Å². The number of aromatic hydroxyl groups is 1. The number of hydrazine groups is 2. The molecule has 0 unspecified atom stereocenters. The van der Waals surface area contributed by atoms with Crippen LogP contribution in [0.15, 0.2) is 12.1 Å². The first kappa shape index (κ1) is 18.4. The Hall–Kier alpha value is -2.94. The van der Waals surface area contributed by atoms with Gasteiger partial charge in [0.15, 0.2) is 0 Å². The van der Waals surface area contributed by atoms with E-state index in [1.807, 2.05) is 0 Å². The van der Waals surface area contributed by atoms with Crippen LogP contribution in [0.4, 0.5) is 17.1 Å². The van der Waals surface area contributed by atoms with Gasteiger partial charge in [0.25, 0.3) is 11.4 Å². The Balaban J connectivity index is 0.000000208. The summed E-state index contributed by atoms with van der Waals surface area (Å²) in [5, 5.41) is 40.2. The molecule has 5 N–H and O–H groups in total. The van der Waals surface area contributed by atoms with Gasteiger partial charge in [-0.25, -0.2) is 0 Å². The normalized spacial score (nSPS) is 17.8. The molecule has 0 atom stereocenters. The minimum atomic E-state index is -1.21. The van der Waals surface area contributed by atoms with Gasteiger partial charge < -0.3 is 5.11 Å². The molecule has 1 aromatic carbocycles. The van der Waals surface area contributed by atoms with Gasteiger partial charge in [0.05, 0.1) is 26.9 Å². The molecule has 1 aromatic rings. The highest BCUT2D eigenvalue weighted by Crippen LogP contribution is 2.38. The van der Waals surface area contributed by atoms with Crippen molar-refractivity contribution in [1.29, 1.82) is 0 Å². The Morgan fingerprint density at radius 2 is 1.16 bits per heavy atom. The summed E-state index contributed by atoms with van der Waals surface area (Å²) in [5.41, 5.74) is 9.94. The smallest absolute Gasteiger partial charge is 0.324 e. The van der Waals surface area contributed by atoms with Crippen LogP contribution in [0.3, 0.4) is 0 Å². The molecule has 0 bridgehead atoms.